The van der Waals surface area contributed by atoms with Crippen LogP contribution < -0.4 is 4.90 Å². The lowest BCUT2D eigenvalue weighted by Crippen LogP contribution is -2.25. The van der Waals surface area contributed by atoms with Gasteiger partial charge in [-0.05, 0) is 54.5 Å². The molecule has 0 spiro atoms. The average molecular weight is 345 g/mol. The van der Waals surface area contributed by atoms with E-state index in [9.17, 15) is 9.59 Å². The molecule has 1 atom stereocenters. The molecular weight excluding hydrogens is 326 g/mol. The van der Waals surface area contributed by atoms with Gasteiger partial charge in [-0.15, -0.1) is 5.10 Å². The fourth-order valence-corrected chi connectivity index (χ4v) is 3.74. The predicted octanol–water partition coefficient (Wildman–Crippen LogP) is 1.97. The summed E-state index contributed by atoms with van der Waals surface area (Å²) >= 11 is 1.36. The number of benzene rings is 1. The van der Waals surface area contributed by atoms with Gasteiger partial charge in [0, 0.05) is 31.3 Å². The molecule has 1 aromatic carbocycles. The lowest BCUT2D eigenvalue weighted by atomic mass is 10.0. The second kappa shape index (κ2) is 6.72. The van der Waals surface area contributed by atoms with Gasteiger partial charge in [0.25, 0.3) is 0 Å². The molecule has 126 valence electrons. The first-order valence-electron chi connectivity index (χ1n) is 7.89. The number of amides is 1. The van der Waals surface area contributed by atoms with Crippen molar-refractivity contribution in [3.8, 4) is 0 Å². The molecule has 24 heavy (non-hydrogen) atoms. The average Bonchev–Trinajstić information content (AvgIpc) is 3.19. The summed E-state index contributed by atoms with van der Waals surface area (Å²) in [6.07, 6.45) is 0.783. The number of tetrazole rings is 1. The summed E-state index contributed by atoms with van der Waals surface area (Å²) in [5.41, 5.74) is 2.62. The van der Waals surface area contributed by atoms with Crippen molar-refractivity contribution in [1.82, 2.24) is 20.2 Å². The number of anilines is 1. The van der Waals surface area contributed by atoms with Gasteiger partial charge < -0.3 is 4.90 Å². The van der Waals surface area contributed by atoms with Crippen molar-refractivity contribution in [2.45, 2.75) is 44.1 Å². The van der Waals surface area contributed by atoms with E-state index in [2.05, 4.69) is 15.5 Å². The minimum absolute atomic E-state index is 0.0307. The summed E-state index contributed by atoms with van der Waals surface area (Å²) in [5.74, 6) is 0.0675. The smallest absolute Gasteiger partial charge is 0.223 e. The molecule has 0 radical (unpaired) electrons. The Bertz CT molecular complexity index is 789. The first-order valence-corrected chi connectivity index (χ1v) is 8.77. The summed E-state index contributed by atoms with van der Waals surface area (Å²) in [4.78, 5) is 26.1. The molecule has 0 saturated carbocycles. The number of carbonyl (C=O) groups excluding carboxylic acids is 2. The highest BCUT2D eigenvalue weighted by Gasteiger charge is 2.25. The Morgan fingerprint density at radius 3 is 2.88 bits per heavy atom. The third-order valence-electron chi connectivity index (χ3n) is 4.09. The van der Waals surface area contributed by atoms with Crippen LogP contribution in [-0.2, 0) is 17.8 Å². The van der Waals surface area contributed by atoms with Gasteiger partial charge in [-0.1, -0.05) is 11.8 Å². The number of carbonyl (C=O) groups is 2. The van der Waals surface area contributed by atoms with Crippen molar-refractivity contribution < 1.29 is 9.59 Å². The number of hydrogen-bond donors (Lipinski definition) is 0. The van der Waals surface area contributed by atoms with E-state index in [0.29, 0.717) is 23.8 Å². The van der Waals surface area contributed by atoms with Gasteiger partial charge in [-0.25, -0.2) is 4.68 Å². The summed E-state index contributed by atoms with van der Waals surface area (Å²) in [5, 5.41) is 11.8. The fourth-order valence-electron chi connectivity index (χ4n) is 2.81. The normalized spacial score (nSPS) is 14.5. The van der Waals surface area contributed by atoms with Gasteiger partial charge in [0.2, 0.25) is 11.1 Å². The molecule has 0 aliphatic carbocycles. The Morgan fingerprint density at radius 1 is 1.38 bits per heavy atom. The molecule has 7 nitrogen and oxygen atoms in total. The van der Waals surface area contributed by atoms with Crippen LogP contribution in [0, 0.1) is 0 Å². The van der Waals surface area contributed by atoms with Crippen molar-refractivity contribution in [3.63, 3.8) is 0 Å². The lowest BCUT2D eigenvalue weighted by Gasteiger charge is -2.15. The third-order valence-corrected chi connectivity index (χ3v) is 5.16. The largest absolute Gasteiger partial charge is 0.312 e. The Balaban J connectivity index is 1.77. The molecule has 1 amide bonds. The lowest BCUT2D eigenvalue weighted by molar-refractivity contribution is -0.116. The second-order valence-corrected chi connectivity index (χ2v) is 6.97. The minimum atomic E-state index is -0.287. The summed E-state index contributed by atoms with van der Waals surface area (Å²) in [7, 11) is 0. The van der Waals surface area contributed by atoms with Crippen LogP contribution in [0.3, 0.4) is 0 Å². The van der Waals surface area contributed by atoms with Gasteiger partial charge in [0.15, 0.2) is 5.78 Å². The maximum absolute atomic E-state index is 12.7. The third kappa shape index (κ3) is 3.06. The molecule has 0 N–H and O–H groups in total. The molecule has 2 aromatic rings. The van der Waals surface area contributed by atoms with E-state index in [1.807, 2.05) is 26.0 Å². The quantitative estimate of drug-likeness (QED) is 0.609. The highest BCUT2D eigenvalue weighted by Crippen LogP contribution is 2.30. The van der Waals surface area contributed by atoms with Crippen LogP contribution in [0.25, 0.3) is 0 Å². The second-order valence-electron chi connectivity index (χ2n) is 5.67. The SMILES string of the molecule is CCn1nnnc1SC(C)C(=O)c1ccc2c(c1)CCN2C(C)=O. The minimum Gasteiger partial charge on any atom is -0.312 e. The van der Waals surface area contributed by atoms with E-state index in [-0.39, 0.29) is 16.9 Å². The van der Waals surface area contributed by atoms with Gasteiger partial charge in [-0.3, -0.25) is 9.59 Å². The number of ketones is 1. The van der Waals surface area contributed by atoms with Crippen LogP contribution in [0.5, 0.6) is 0 Å². The van der Waals surface area contributed by atoms with Crippen LogP contribution >= 0.6 is 11.8 Å². The predicted molar refractivity (Wildman–Crippen MR) is 91.3 cm³/mol. The van der Waals surface area contributed by atoms with Crippen molar-refractivity contribution in [3.05, 3.63) is 29.3 Å². The molecule has 0 fully saturated rings. The molecule has 1 aliphatic heterocycles. The van der Waals surface area contributed by atoms with E-state index in [1.165, 1.54) is 11.8 Å². The molecule has 3 rings (SSSR count). The van der Waals surface area contributed by atoms with Crippen molar-refractivity contribution in [2.75, 3.05) is 11.4 Å². The van der Waals surface area contributed by atoms with E-state index < -0.39 is 0 Å². The fraction of sp³-hybridized carbons (Fsp3) is 0.438. The number of fused-ring (bicyclic) bond motifs is 1. The van der Waals surface area contributed by atoms with Crippen LogP contribution in [0.1, 0.15) is 36.7 Å². The Labute approximate surface area is 144 Å². The standard InChI is InChI=1S/C16H19N5O2S/c1-4-21-16(17-18-19-21)24-10(2)15(23)13-5-6-14-12(9-13)7-8-20(14)11(3)22/h5-6,9-10H,4,7-8H2,1-3H3. The topological polar surface area (TPSA) is 81.0 Å². The van der Waals surface area contributed by atoms with E-state index in [4.69, 9.17) is 0 Å². The van der Waals surface area contributed by atoms with Crippen molar-refractivity contribution >= 4 is 29.1 Å². The Hall–Kier alpha value is -2.22. The first-order chi connectivity index (χ1) is 11.5. The highest BCUT2D eigenvalue weighted by molar-refractivity contribution is 8.00. The van der Waals surface area contributed by atoms with Gasteiger partial charge in [0.05, 0.1) is 5.25 Å². The number of aryl methyl sites for hydroxylation is 1. The van der Waals surface area contributed by atoms with Gasteiger partial charge in [-0.2, -0.15) is 0 Å². The monoisotopic (exact) mass is 345 g/mol. The summed E-state index contributed by atoms with van der Waals surface area (Å²) in [6.45, 7) is 6.71. The van der Waals surface area contributed by atoms with Crippen LogP contribution in [-0.4, -0.2) is 43.7 Å². The van der Waals surface area contributed by atoms with Gasteiger partial charge >= 0.3 is 0 Å². The van der Waals surface area contributed by atoms with Crippen molar-refractivity contribution in [2.24, 2.45) is 0 Å². The first kappa shape index (κ1) is 16.6. The molecule has 2 heterocycles. The molecule has 1 aliphatic rings. The molecule has 0 bridgehead atoms. The van der Waals surface area contributed by atoms with Crippen LogP contribution in [0.15, 0.2) is 23.4 Å². The van der Waals surface area contributed by atoms with E-state index >= 15 is 0 Å². The zero-order chi connectivity index (χ0) is 17.3. The molecule has 0 saturated heterocycles. The van der Waals surface area contributed by atoms with Crippen molar-refractivity contribution in [1.29, 1.82) is 0 Å². The van der Waals surface area contributed by atoms with E-state index in [0.717, 1.165) is 17.7 Å². The molecule has 1 unspecified atom stereocenters. The number of aromatic nitrogens is 4. The summed E-state index contributed by atoms with van der Waals surface area (Å²) < 4.78 is 1.67. The molecule has 1 aromatic heterocycles. The van der Waals surface area contributed by atoms with Crippen LogP contribution in [0.2, 0.25) is 0 Å². The number of Topliss-reactive ketones (excluding diaryl/α,β-unsaturated/α-hetero) is 1. The number of nitrogens with zero attached hydrogens (tertiary/aromatic N) is 5. The highest BCUT2D eigenvalue weighted by atomic mass is 32.2. The maximum atomic E-state index is 12.7. The Kier molecular flexibility index (Phi) is 4.66. The molecular formula is C16H19N5O2S. The molecule has 8 heteroatoms. The van der Waals surface area contributed by atoms with E-state index in [1.54, 1.807) is 22.6 Å². The number of thioether (sulfide) groups is 1. The summed E-state index contributed by atoms with van der Waals surface area (Å²) in [6, 6.07) is 5.56. The zero-order valence-electron chi connectivity index (χ0n) is 13.9. The van der Waals surface area contributed by atoms with Crippen LogP contribution in [0.4, 0.5) is 5.69 Å². The number of rotatable bonds is 5. The van der Waals surface area contributed by atoms with Gasteiger partial charge in [0.1, 0.15) is 0 Å². The maximum Gasteiger partial charge on any atom is 0.223 e. The number of hydrogen-bond acceptors (Lipinski definition) is 6. The Morgan fingerprint density at radius 2 is 2.17 bits per heavy atom. The zero-order valence-corrected chi connectivity index (χ0v) is 14.7.